The van der Waals surface area contributed by atoms with E-state index in [4.69, 9.17) is 17.0 Å². The van der Waals surface area contributed by atoms with Crippen LogP contribution in [0.4, 0.5) is 0 Å². The number of aromatic nitrogens is 3. The second kappa shape index (κ2) is 8.22. The molecule has 0 spiro atoms. The Labute approximate surface area is 159 Å². The Balaban J connectivity index is 1.64. The van der Waals surface area contributed by atoms with Crippen LogP contribution in [-0.4, -0.2) is 21.1 Å². The van der Waals surface area contributed by atoms with Crippen LogP contribution >= 0.6 is 28.1 Å². The summed E-state index contributed by atoms with van der Waals surface area (Å²) in [6.45, 7) is 2.54. The molecule has 1 aromatic heterocycles. The van der Waals surface area contributed by atoms with Crippen LogP contribution < -0.4 is 4.74 Å². The van der Waals surface area contributed by atoms with Crippen molar-refractivity contribution in [2.75, 3.05) is 0 Å². The average Bonchev–Trinajstić information content (AvgIpc) is 3.00. The first kappa shape index (κ1) is 17.6. The van der Waals surface area contributed by atoms with Gasteiger partial charge in [-0.1, -0.05) is 35.0 Å². The molecule has 128 valence electrons. The molecule has 0 atom stereocenters. The van der Waals surface area contributed by atoms with Gasteiger partial charge in [0.15, 0.2) is 5.82 Å². The number of aryl methyl sites for hydroxylation is 1. The summed E-state index contributed by atoms with van der Waals surface area (Å²) in [4.78, 5) is 0. The molecule has 1 heterocycles. The number of hydrogen-bond acceptors (Lipinski definition) is 4. The van der Waals surface area contributed by atoms with Gasteiger partial charge in [-0.15, -0.1) is 0 Å². The Morgan fingerprint density at radius 3 is 2.60 bits per heavy atom. The van der Waals surface area contributed by atoms with Gasteiger partial charge in [0, 0.05) is 10.9 Å². The zero-order valence-electron chi connectivity index (χ0n) is 13.6. The maximum absolute atomic E-state index is 5.80. The predicted octanol–water partition coefficient (Wildman–Crippen LogP) is 4.73. The molecule has 0 fully saturated rings. The summed E-state index contributed by atoms with van der Waals surface area (Å²) in [6.07, 6.45) is 2.51. The zero-order chi connectivity index (χ0) is 17.6. The molecule has 7 heteroatoms. The first-order chi connectivity index (χ1) is 12.2. The molecule has 0 aliphatic heterocycles. The molecular formula is C18H17BrN4OS. The molecule has 3 aromatic rings. The van der Waals surface area contributed by atoms with Gasteiger partial charge < -0.3 is 4.74 Å². The summed E-state index contributed by atoms with van der Waals surface area (Å²) >= 11 is 8.60. The molecule has 0 unspecified atom stereocenters. The second-order valence-corrected chi connectivity index (χ2v) is 6.64. The summed E-state index contributed by atoms with van der Waals surface area (Å²) in [6, 6.07) is 15.8. The van der Waals surface area contributed by atoms with Gasteiger partial charge in [0.2, 0.25) is 4.77 Å². The van der Waals surface area contributed by atoms with Gasteiger partial charge in [-0.2, -0.15) is 14.9 Å². The largest absolute Gasteiger partial charge is 0.489 e. The molecule has 0 aliphatic carbocycles. The highest BCUT2D eigenvalue weighted by molar-refractivity contribution is 9.10. The lowest BCUT2D eigenvalue weighted by Crippen LogP contribution is -1.98. The lowest BCUT2D eigenvalue weighted by molar-refractivity contribution is 0.306. The Bertz CT molecular complexity index is 913. The van der Waals surface area contributed by atoms with Crippen LogP contribution in [0.2, 0.25) is 0 Å². The van der Waals surface area contributed by atoms with Crippen molar-refractivity contribution in [1.82, 2.24) is 14.9 Å². The van der Waals surface area contributed by atoms with Crippen molar-refractivity contribution in [1.29, 1.82) is 0 Å². The normalized spacial score (nSPS) is 11.1. The van der Waals surface area contributed by atoms with Crippen LogP contribution in [0.5, 0.6) is 5.75 Å². The SMILES string of the molecule is CCc1n[nH]c(=S)n1/N=C/c1ccc(OCc2ccc(Br)cc2)cc1. The fourth-order valence-electron chi connectivity index (χ4n) is 2.19. The molecule has 25 heavy (non-hydrogen) atoms. The van der Waals surface area contributed by atoms with Crippen molar-refractivity contribution in [3.63, 3.8) is 0 Å². The van der Waals surface area contributed by atoms with E-state index in [1.165, 1.54) is 0 Å². The predicted molar refractivity (Wildman–Crippen MR) is 105 cm³/mol. The van der Waals surface area contributed by atoms with E-state index in [2.05, 4.69) is 31.2 Å². The van der Waals surface area contributed by atoms with E-state index in [-0.39, 0.29) is 0 Å². The molecule has 0 saturated heterocycles. The van der Waals surface area contributed by atoms with Crippen LogP contribution in [0.25, 0.3) is 0 Å². The van der Waals surface area contributed by atoms with Crippen molar-refractivity contribution in [3.8, 4) is 5.75 Å². The molecule has 3 rings (SSSR count). The molecule has 0 radical (unpaired) electrons. The Morgan fingerprint density at radius 1 is 1.20 bits per heavy atom. The number of rotatable bonds is 6. The number of aromatic amines is 1. The number of nitrogens with zero attached hydrogens (tertiary/aromatic N) is 3. The molecule has 0 amide bonds. The van der Waals surface area contributed by atoms with Crippen LogP contribution in [0.15, 0.2) is 58.1 Å². The summed E-state index contributed by atoms with van der Waals surface area (Å²) in [5.74, 6) is 1.62. The number of ether oxygens (including phenoxy) is 1. The standard InChI is InChI=1S/C18H17BrN4OS/c1-2-17-21-22-18(25)23(17)20-11-13-5-9-16(10-6-13)24-12-14-3-7-15(19)8-4-14/h3-11H,2,12H2,1H3,(H,22,25)/b20-11+. The molecule has 5 nitrogen and oxygen atoms in total. The number of hydrogen-bond donors (Lipinski definition) is 1. The van der Waals surface area contributed by atoms with Crippen molar-refractivity contribution in [2.24, 2.45) is 5.10 Å². The van der Waals surface area contributed by atoms with Crippen molar-refractivity contribution < 1.29 is 4.74 Å². The van der Waals surface area contributed by atoms with Crippen LogP contribution in [0, 0.1) is 4.77 Å². The molecule has 0 aliphatic rings. The Kier molecular flexibility index (Phi) is 5.78. The topological polar surface area (TPSA) is 55.2 Å². The molecular weight excluding hydrogens is 400 g/mol. The minimum atomic E-state index is 0.488. The maximum atomic E-state index is 5.80. The number of nitrogens with one attached hydrogen (secondary N) is 1. The second-order valence-electron chi connectivity index (χ2n) is 5.34. The number of H-pyrrole nitrogens is 1. The van der Waals surface area contributed by atoms with E-state index < -0.39 is 0 Å². The van der Waals surface area contributed by atoms with E-state index in [1.807, 2.05) is 55.5 Å². The lowest BCUT2D eigenvalue weighted by Gasteiger charge is -2.06. The van der Waals surface area contributed by atoms with Crippen molar-refractivity contribution in [2.45, 2.75) is 20.0 Å². The van der Waals surface area contributed by atoms with Gasteiger partial charge in [-0.05, 0) is 59.7 Å². The molecule has 2 aromatic carbocycles. The number of benzene rings is 2. The number of halogens is 1. The molecule has 0 saturated carbocycles. The summed E-state index contributed by atoms with van der Waals surface area (Å²) < 4.78 is 8.98. The minimum Gasteiger partial charge on any atom is -0.489 e. The highest BCUT2D eigenvalue weighted by Crippen LogP contribution is 2.15. The van der Waals surface area contributed by atoms with Gasteiger partial charge in [0.05, 0.1) is 6.21 Å². The summed E-state index contributed by atoms with van der Waals surface area (Å²) in [5, 5.41) is 11.3. The third-order valence-corrected chi connectivity index (χ3v) is 4.35. The maximum Gasteiger partial charge on any atom is 0.216 e. The first-order valence-corrected chi connectivity index (χ1v) is 9.04. The van der Waals surface area contributed by atoms with E-state index in [9.17, 15) is 0 Å². The van der Waals surface area contributed by atoms with E-state index in [0.29, 0.717) is 11.4 Å². The average molecular weight is 417 g/mol. The van der Waals surface area contributed by atoms with Gasteiger partial charge in [-0.3, -0.25) is 5.10 Å². The van der Waals surface area contributed by atoms with Crippen LogP contribution in [0.3, 0.4) is 0 Å². The van der Waals surface area contributed by atoms with E-state index in [0.717, 1.165) is 33.6 Å². The fraction of sp³-hybridized carbons (Fsp3) is 0.167. The van der Waals surface area contributed by atoms with E-state index in [1.54, 1.807) is 10.9 Å². The zero-order valence-corrected chi connectivity index (χ0v) is 16.0. The smallest absolute Gasteiger partial charge is 0.216 e. The van der Waals surface area contributed by atoms with Crippen molar-refractivity contribution >= 4 is 34.4 Å². The van der Waals surface area contributed by atoms with Gasteiger partial charge in [0.25, 0.3) is 0 Å². The third-order valence-electron chi connectivity index (χ3n) is 3.55. The highest BCUT2D eigenvalue weighted by atomic mass is 79.9. The van der Waals surface area contributed by atoms with Crippen LogP contribution in [0.1, 0.15) is 23.9 Å². The summed E-state index contributed by atoms with van der Waals surface area (Å²) in [5.41, 5.74) is 2.08. The molecule has 0 bridgehead atoms. The van der Waals surface area contributed by atoms with Gasteiger partial charge >= 0.3 is 0 Å². The highest BCUT2D eigenvalue weighted by Gasteiger charge is 2.01. The Hall–Kier alpha value is -2.25. The first-order valence-electron chi connectivity index (χ1n) is 7.83. The molecule has 1 N–H and O–H groups in total. The quantitative estimate of drug-likeness (QED) is 0.466. The lowest BCUT2D eigenvalue weighted by atomic mass is 10.2. The monoisotopic (exact) mass is 416 g/mol. The van der Waals surface area contributed by atoms with Gasteiger partial charge in [0.1, 0.15) is 12.4 Å². The van der Waals surface area contributed by atoms with Gasteiger partial charge in [-0.25, -0.2) is 0 Å². The summed E-state index contributed by atoms with van der Waals surface area (Å²) in [7, 11) is 0. The van der Waals surface area contributed by atoms with Crippen LogP contribution in [-0.2, 0) is 13.0 Å². The Morgan fingerprint density at radius 2 is 1.92 bits per heavy atom. The fourth-order valence-corrected chi connectivity index (χ4v) is 2.66. The van der Waals surface area contributed by atoms with Crippen molar-refractivity contribution in [3.05, 3.63) is 74.7 Å². The third kappa shape index (κ3) is 4.64. The van der Waals surface area contributed by atoms with E-state index >= 15 is 0 Å². The minimum absolute atomic E-state index is 0.488.